The molecule has 0 atom stereocenters. The minimum absolute atomic E-state index is 0.147. The molecule has 0 saturated heterocycles. The molecule has 0 aliphatic rings. The lowest BCUT2D eigenvalue weighted by molar-refractivity contribution is -0.385. The lowest BCUT2D eigenvalue weighted by Gasteiger charge is -2.13. The number of ether oxygens (including phenoxy) is 3. The summed E-state index contributed by atoms with van der Waals surface area (Å²) in [6.07, 6.45) is 0. The number of aryl methyl sites for hydroxylation is 1. The van der Waals surface area contributed by atoms with Crippen LogP contribution in [-0.4, -0.2) is 32.2 Å². The molecule has 1 amide bonds. The van der Waals surface area contributed by atoms with Crippen LogP contribution in [0.3, 0.4) is 0 Å². The first-order valence-corrected chi connectivity index (χ1v) is 7.27. The second-order valence-corrected chi connectivity index (χ2v) is 5.14. The quantitative estimate of drug-likeness (QED) is 0.637. The molecule has 8 heteroatoms. The zero-order chi connectivity index (χ0) is 18.6. The number of hydrogen-bond donors (Lipinski definition) is 1. The summed E-state index contributed by atoms with van der Waals surface area (Å²) < 4.78 is 15.4. The topological polar surface area (TPSA) is 99.9 Å². The highest BCUT2D eigenvalue weighted by Gasteiger charge is 2.25. The Morgan fingerprint density at radius 3 is 2.16 bits per heavy atom. The van der Waals surface area contributed by atoms with Crippen molar-refractivity contribution < 1.29 is 23.9 Å². The zero-order valence-electron chi connectivity index (χ0n) is 14.3. The second-order valence-electron chi connectivity index (χ2n) is 5.14. The number of carbonyl (C=O) groups excluding carboxylic acids is 1. The third-order valence-corrected chi connectivity index (χ3v) is 3.55. The highest BCUT2D eigenvalue weighted by Crippen LogP contribution is 2.35. The summed E-state index contributed by atoms with van der Waals surface area (Å²) in [4.78, 5) is 23.3. The molecule has 0 aliphatic heterocycles. The van der Waals surface area contributed by atoms with E-state index in [0.29, 0.717) is 11.4 Å². The molecule has 8 nitrogen and oxygen atoms in total. The van der Waals surface area contributed by atoms with Gasteiger partial charge in [0.25, 0.3) is 11.6 Å². The molecule has 132 valence electrons. The third-order valence-electron chi connectivity index (χ3n) is 3.55. The number of rotatable bonds is 6. The van der Waals surface area contributed by atoms with E-state index in [1.54, 1.807) is 12.1 Å². The maximum atomic E-state index is 12.6. The van der Waals surface area contributed by atoms with Crippen molar-refractivity contribution in [3.8, 4) is 17.2 Å². The van der Waals surface area contributed by atoms with E-state index in [-0.39, 0.29) is 22.7 Å². The lowest BCUT2D eigenvalue weighted by atomic mass is 10.1. The maximum absolute atomic E-state index is 12.6. The Hall–Kier alpha value is -3.29. The van der Waals surface area contributed by atoms with Crippen LogP contribution in [0, 0.1) is 17.0 Å². The molecular weight excluding hydrogens is 328 g/mol. The van der Waals surface area contributed by atoms with Gasteiger partial charge in [-0.05, 0) is 24.6 Å². The number of methoxy groups -OCH3 is 3. The number of benzene rings is 2. The largest absolute Gasteiger partial charge is 0.495 e. The Bertz CT molecular complexity index is 819. The molecule has 0 heterocycles. The highest BCUT2D eigenvalue weighted by molar-refractivity contribution is 6.08. The van der Waals surface area contributed by atoms with Crippen LogP contribution in [0.15, 0.2) is 30.3 Å². The minimum Gasteiger partial charge on any atom is -0.495 e. The van der Waals surface area contributed by atoms with Crippen LogP contribution in [0.4, 0.5) is 11.4 Å². The van der Waals surface area contributed by atoms with Crippen molar-refractivity contribution in [2.45, 2.75) is 6.92 Å². The maximum Gasteiger partial charge on any atom is 0.286 e. The van der Waals surface area contributed by atoms with Crippen LogP contribution < -0.4 is 19.5 Å². The van der Waals surface area contributed by atoms with Crippen molar-refractivity contribution in [2.75, 3.05) is 26.6 Å². The van der Waals surface area contributed by atoms with Crippen LogP contribution >= 0.6 is 0 Å². The first-order valence-electron chi connectivity index (χ1n) is 7.27. The number of hydrogen-bond acceptors (Lipinski definition) is 6. The fourth-order valence-electron chi connectivity index (χ4n) is 2.31. The van der Waals surface area contributed by atoms with E-state index in [4.69, 9.17) is 14.2 Å². The number of nitrogens with one attached hydrogen (secondary N) is 1. The Kier molecular flexibility index (Phi) is 5.43. The average Bonchev–Trinajstić information content (AvgIpc) is 2.60. The molecule has 0 aliphatic carbocycles. The van der Waals surface area contributed by atoms with Gasteiger partial charge in [0.1, 0.15) is 11.3 Å². The summed E-state index contributed by atoms with van der Waals surface area (Å²) in [5.74, 6) is 0.173. The minimum atomic E-state index is -0.656. The smallest absolute Gasteiger partial charge is 0.286 e. The van der Waals surface area contributed by atoms with Crippen LogP contribution in [0.2, 0.25) is 0 Å². The molecule has 0 radical (unpaired) electrons. The first kappa shape index (κ1) is 18.1. The van der Waals surface area contributed by atoms with Crippen LogP contribution in [0.25, 0.3) is 0 Å². The van der Waals surface area contributed by atoms with E-state index in [1.807, 2.05) is 13.0 Å². The van der Waals surface area contributed by atoms with Gasteiger partial charge < -0.3 is 19.5 Å². The lowest BCUT2D eigenvalue weighted by Crippen LogP contribution is -2.15. The summed E-state index contributed by atoms with van der Waals surface area (Å²) in [5, 5.41) is 14.0. The third kappa shape index (κ3) is 3.79. The Balaban J connectivity index is 2.48. The Morgan fingerprint density at radius 1 is 1.00 bits per heavy atom. The molecule has 0 aromatic heterocycles. The number of carbonyl (C=O) groups is 1. The average molecular weight is 346 g/mol. The van der Waals surface area contributed by atoms with Crippen LogP contribution in [0.5, 0.6) is 17.2 Å². The standard InChI is InChI=1S/C17H18N2O6/c1-10-5-6-14(23-2)12(7-10)18-17(20)11-8-15(24-3)16(25-4)9-13(11)19(21)22/h5-9H,1-4H3,(H,18,20). The number of amides is 1. The molecule has 2 rings (SSSR count). The summed E-state index contributed by atoms with van der Waals surface area (Å²) in [6, 6.07) is 7.67. The monoisotopic (exact) mass is 346 g/mol. The van der Waals surface area contributed by atoms with Gasteiger partial charge >= 0.3 is 0 Å². The van der Waals surface area contributed by atoms with Crippen molar-refractivity contribution in [2.24, 2.45) is 0 Å². The Labute approximate surface area is 144 Å². The summed E-state index contributed by atoms with van der Waals surface area (Å²) >= 11 is 0. The fraction of sp³-hybridized carbons (Fsp3) is 0.235. The van der Waals surface area contributed by atoms with E-state index in [9.17, 15) is 14.9 Å². The van der Waals surface area contributed by atoms with E-state index in [0.717, 1.165) is 11.6 Å². The van der Waals surface area contributed by atoms with Crippen molar-refractivity contribution in [1.82, 2.24) is 0 Å². The second kappa shape index (κ2) is 7.52. The zero-order valence-corrected chi connectivity index (χ0v) is 14.3. The SMILES string of the molecule is COc1ccc(C)cc1NC(=O)c1cc(OC)c(OC)cc1[N+](=O)[O-]. The van der Waals surface area contributed by atoms with Gasteiger partial charge in [0.15, 0.2) is 11.5 Å². The summed E-state index contributed by atoms with van der Waals surface area (Å²) in [6.45, 7) is 1.86. The van der Waals surface area contributed by atoms with E-state index >= 15 is 0 Å². The predicted octanol–water partition coefficient (Wildman–Crippen LogP) is 3.18. The van der Waals surface area contributed by atoms with Crippen molar-refractivity contribution >= 4 is 17.3 Å². The predicted molar refractivity (Wildman–Crippen MR) is 91.9 cm³/mol. The highest BCUT2D eigenvalue weighted by atomic mass is 16.6. The van der Waals surface area contributed by atoms with Crippen molar-refractivity contribution in [3.63, 3.8) is 0 Å². The van der Waals surface area contributed by atoms with Gasteiger partial charge in [-0.2, -0.15) is 0 Å². The molecule has 0 bridgehead atoms. The van der Waals surface area contributed by atoms with Gasteiger partial charge in [-0.1, -0.05) is 6.07 Å². The van der Waals surface area contributed by atoms with Gasteiger partial charge in [-0.25, -0.2) is 0 Å². The number of nitro groups is 1. The Morgan fingerprint density at radius 2 is 1.60 bits per heavy atom. The summed E-state index contributed by atoms with van der Waals surface area (Å²) in [7, 11) is 4.22. The molecule has 0 fully saturated rings. The van der Waals surface area contributed by atoms with Crippen molar-refractivity contribution in [3.05, 3.63) is 51.6 Å². The molecule has 2 aromatic rings. The molecular formula is C17H18N2O6. The van der Waals surface area contributed by atoms with Gasteiger partial charge in [-0.15, -0.1) is 0 Å². The van der Waals surface area contributed by atoms with Gasteiger partial charge in [0.05, 0.1) is 38.0 Å². The normalized spacial score (nSPS) is 10.1. The number of anilines is 1. The fourth-order valence-corrected chi connectivity index (χ4v) is 2.31. The molecule has 2 aromatic carbocycles. The van der Waals surface area contributed by atoms with Gasteiger partial charge in [-0.3, -0.25) is 14.9 Å². The van der Waals surface area contributed by atoms with Gasteiger partial charge in [0.2, 0.25) is 0 Å². The van der Waals surface area contributed by atoms with Crippen molar-refractivity contribution in [1.29, 1.82) is 0 Å². The van der Waals surface area contributed by atoms with Crippen LogP contribution in [-0.2, 0) is 0 Å². The van der Waals surface area contributed by atoms with Gasteiger partial charge in [0, 0.05) is 6.07 Å². The molecule has 0 unspecified atom stereocenters. The molecule has 25 heavy (non-hydrogen) atoms. The number of nitro benzene ring substituents is 1. The first-order chi connectivity index (χ1) is 11.9. The molecule has 0 spiro atoms. The molecule has 1 N–H and O–H groups in total. The van der Waals surface area contributed by atoms with Crippen LogP contribution in [0.1, 0.15) is 15.9 Å². The molecule has 0 saturated carbocycles. The van der Waals surface area contributed by atoms with E-state index in [2.05, 4.69) is 5.32 Å². The summed E-state index contributed by atoms with van der Waals surface area (Å²) in [5.41, 5.74) is 0.780. The van der Waals surface area contributed by atoms with E-state index in [1.165, 1.54) is 27.4 Å². The number of nitrogens with zero attached hydrogens (tertiary/aromatic N) is 1. The van der Waals surface area contributed by atoms with E-state index < -0.39 is 10.8 Å².